The second-order valence-corrected chi connectivity index (χ2v) is 7.29. The lowest BCUT2D eigenvalue weighted by atomic mass is 9.97. The summed E-state index contributed by atoms with van der Waals surface area (Å²) in [7, 11) is 0. The summed E-state index contributed by atoms with van der Waals surface area (Å²) in [5, 5.41) is 16.4. The maximum atomic E-state index is 12.8. The highest BCUT2D eigenvalue weighted by molar-refractivity contribution is 6.31. The van der Waals surface area contributed by atoms with Crippen molar-refractivity contribution in [2.24, 2.45) is 5.92 Å². The maximum absolute atomic E-state index is 12.8. The zero-order valence-corrected chi connectivity index (χ0v) is 16.3. The van der Waals surface area contributed by atoms with Crippen LogP contribution in [-0.4, -0.2) is 39.0 Å². The van der Waals surface area contributed by atoms with Crippen LogP contribution in [0.4, 0.5) is 11.5 Å². The summed E-state index contributed by atoms with van der Waals surface area (Å²) in [6.07, 6.45) is 5.30. The molecule has 0 aliphatic carbocycles. The topological polar surface area (TPSA) is 75.9 Å². The Morgan fingerprint density at radius 1 is 1.18 bits per heavy atom. The average molecular weight is 397 g/mol. The molecule has 8 heteroatoms. The Labute approximate surface area is 168 Å². The second-order valence-electron chi connectivity index (χ2n) is 6.89. The monoisotopic (exact) mass is 396 g/mol. The molecule has 7 nitrogen and oxygen atoms in total. The maximum Gasteiger partial charge on any atom is 0.229 e. The zero-order valence-electron chi connectivity index (χ0n) is 15.5. The van der Waals surface area contributed by atoms with Crippen molar-refractivity contribution in [1.82, 2.24) is 20.0 Å². The van der Waals surface area contributed by atoms with Crippen molar-refractivity contribution >= 4 is 29.0 Å². The Bertz CT molecular complexity index is 957. The van der Waals surface area contributed by atoms with Crippen molar-refractivity contribution < 1.29 is 4.79 Å². The van der Waals surface area contributed by atoms with E-state index in [0.29, 0.717) is 17.4 Å². The van der Waals surface area contributed by atoms with E-state index in [-0.39, 0.29) is 11.8 Å². The number of carbonyl (C=O) groups is 1. The quantitative estimate of drug-likeness (QED) is 0.730. The molecule has 1 saturated heterocycles. The minimum Gasteiger partial charge on any atom is -0.354 e. The summed E-state index contributed by atoms with van der Waals surface area (Å²) in [4.78, 5) is 14.9. The predicted octanol–water partition coefficient (Wildman–Crippen LogP) is 3.48. The van der Waals surface area contributed by atoms with Crippen LogP contribution in [0.2, 0.25) is 5.02 Å². The molecule has 4 rings (SSSR count). The first-order valence-corrected chi connectivity index (χ1v) is 9.64. The van der Waals surface area contributed by atoms with E-state index in [1.54, 1.807) is 10.9 Å². The summed E-state index contributed by atoms with van der Waals surface area (Å²) in [5.74, 6) is 1.33. The third-order valence-corrected chi connectivity index (χ3v) is 5.43. The first kappa shape index (κ1) is 18.4. The number of piperidine rings is 1. The van der Waals surface area contributed by atoms with Crippen LogP contribution in [0.1, 0.15) is 18.4 Å². The zero-order chi connectivity index (χ0) is 19.5. The molecule has 1 aliphatic heterocycles. The number of amides is 1. The van der Waals surface area contributed by atoms with Gasteiger partial charge in [-0.1, -0.05) is 17.7 Å². The van der Waals surface area contributed by atoms with Crippen LogP contribution in [0.3, 0.4) is 0 Å². The number of aromatic nitrogens is 4. The minimum atomic E-state index is -0.111. The number of carbonyl (C=O) groups excluding carboxylic acids is 1. The number of hydrogen-bond acceptors (Lipinski definition) is 5. The Hall–Kier alpha value is -2.93. The summed E-state index contributed by atoms with van der Waals surface area (Å²) >= 11 is 6.16. The molecule has 0 saturated carbocycles. The number of rotatable bonds is 4. The fourth-order valence-electron chi connectivity index (χ4n) is 3.39. The van der Waals surface area contributed by atoms with Gasteiger partial charge >= 0.3 is 0 Å². The first-order chi connectivity index (χ1) is 13.6. The van der Waals surface area contributed by atoms with Crippen LogP contribution in [-0.2, 0) is 4.79 Å². The van der Waals surface area contributed by atoms with Gasteiger partial charge in [-0.3, -0.25) is 4.79 Å². The van der Waals surface area contributed by atoms with Gasteiger partial charge in [-0.25, -0.2) is 4.68 Å². The Morgan fingerprint density at radius 3 is 2.75 bits per heavy atom. The van der Waals surface area contributed by atoms with Gasteiger partial charge in [0.25, 0.3) is 0 Å². The number of anilines is 2. The summed E-state index contributed by atoms with van der Waals surface area (Å²) in [6, 6.07) is 11.2. The summed E-state index contributed by atoms with van der Waals surface area (Å²) in [6.45, 7) is 3.37. The molecular weight excluding hydrogens is 376 g/mol. The van der Waals surface area contributed by atoms with Gasteiger partial charge in [-0.05, 0) is 55.7 Å². The Morgan fingerprint density at radius 2 is 2.00 bits per heavy atom. The van der Waals surface area contributed by atoms with Gasteiger partial charge in [0.2, 0.25) is 5.91 Å². The van der Waals surface area contributed by atoms with E-state index in [1.807, 2.05) is 49.5 Å². The van der Waals surface area contributed by atoms with Crippen LogP contribution in [0.5, 0.6) is 0 Å². The SMILES string of the molecule is Cc1c(Cl)cccc1NC(=O)[C@H]1CCCN(c2ccc(-n3cccn3)nn2)C1. The van der Waals surface area contributed by atoms with E-state index in [1.165, 1.54) is 0 Å². The smallest absolute Gasteiger partial charge is 0.229 e. The molecule has 1 aromatic carbocycles. The molecule has 0 bridgehead atoms. The van der Waals surface area contributed by atoms with E-state index in [4.69, 9.17) is 11.6 Å². The van der Waals surface area contributed by atoms with E-state index >= 15 is 0 Å². The molecule has 28 heavy (non-hydrogen) atoms. The molecule has 144 valence electrons. The van der Waals surface area contributed by atoms with Gasteiger partial charge in [0.1, 0.15) is 0 Å². The van der Waals surface area contributed by atoms with Crippen LogP contribution in [0, 0.1) is 12.8 Å². The molecule has 3 aromatic rings. The van der Waals surface area contributed by atoms with E-state index in [0.717, 1.165) is 36.5 Å². The highest BCUT2D eigenvalue weighted by Gasteiger charge is 2.27. The third-order valence-electron chi connectivity index (χ3n) is 5.02. The number of halogens is 1. The molecule has 2 aromatic heterocycles. The molecule has 1 aliphatic rings. The van der Waals surface area contributed by atoms with Crippen LogP contribution >= 0.6 is 11.6 Å². The lowest BCUT2D eigenvalue weighted by Gasteiger charge is -2.32. The molecule has 1 N–H and O–H groups in total. The van der Waals surface area contributed by atoms with Gasteiger partial charge in [0.05, 0.1) is 5.92 Å². The van der Waals surface area contributed by atoms with Crippen LogP contribution in [0.15, 0.2) is 48.8 Å². The average Bonchev–Trinajstić information content (AvgIpc) is 3.26. The van der Waals surface area contributed by atoms with Crippen LogP contribution in [0.25, 0.3) is 5.82 Å². The van der Waals surface area contributed by atoms with Crippen molar-refractivity contribution in [3.05, 3.63) is 59.4 Å². The van der Waals surface area contributed by atoms with Crippen molar-refractivity contribution in [3.8, 4) is 5.82 Å². The normalized spacial score (nSPS) is 16.8. The number of nitrogens with zero attached hydrogens (tertiary/aromatic N) is 5. The first-order valence-electron chi connectivity index (χ1n) is 9.26. The number of hydrogen-bond donors (Lipinski definition) is 1. The van der Waals surface area contributed by atoms with Crippen LogP contribution < -0.4 is 10.2 Å². The van der Waals surface area contributed by atoms with Gasteiger partial charge in [-0.2, -0.15) is 5.10 Å². The molecule has 3 heterocycles. The number of nitrogens with one attached hydrogen (secondary N) is 1. The van der Waals surface area contributed by atoms with Crippen molar-refractivity contribution in [3.63, 3.8) is 0 Å². The van der Waals surface area contributed by atoms with Crippen molar-refractivity contribution in [1.29, 1.82) is 0 Å². The Kier molecular flexibility index (Phi) is 5.25. The molecule has 1 fully saturated rings. The minimum absolute atomic E-state index is 0.0104. The van der Waals surface area contributed by atoms with E-state index in [2.05, 4.69) is 25.5 Å². The van der Waals surface area contributed by atoms with Gasteiger partial charge < -0.3 is 10.2 Å². The molecule has 1 amide bonds. The lowest BCUT2D eigenvalue weighted by molar-refractivity contribution is -0.120. The molecule has 1 atom stereocenters. The standard InChI is InChI=1S/C20H21ClN6O/c1-14-16(21)6-2-7-17(14)23-20(28)15-5-3-11-26(13-15)18-8-9-19(25-24-18)27-12-4-10-22-27/h2,4,6-10,12,15H,3,5,11,13H2,1H3,(H,23,28)/t15-/m0/s1. The van der Waals surface area contributed by atoms with E-state index < -0.39 is 0 Å². The van der Waals surface area contributed by atoms with Gasteiger partial charge in [0, 0.05) is 36.2 Å². The van der Waals surface area contributed by atoms with E-state index in [9.17, 15) is 4.79 Å². The predicted molar refractivity (Wildman–Crippen MR) is 109 cm³/mol. The summed E-state index contributed by atoms with van der Waals surface area (Å²) in [5.41, 5.74) is 1.64. The fourth-order valence-corrected chi connectivity index (χ4v) is 3.56. The highest BCUT2D eigenvalue weighted by atomic mass is 35.5. The molecule has 0 unspecified atom stereocenters. The lowest BCUT2D eigenvalue weighted by Crippen LogP contribution is -2.41. The third kappa shape index (κ3) is 3.84. The molecular formula is C20H21ClN6O. The van der Waals surface area contributed by atoms with Crippen molar-refractivity contribution in [2.75, 3.05) is 23.3 Å². The molecule has 0 radical (unpaired) electrons. The van der Waals surface area contributed by atoms with Gasteiger partial charge in [0.15, 0.2) is 11.6 Å². The second kappa shape index (κ2) is 7.98. The number of benzene rings is 1. The van der Waals surface area contributed by atoms with Crippen molar-refractivity contribution in [2.45, 2.75) is 19.8 Å². The Balaban J connectivity index is 1.44. The molecule has 0 spiro atoms. The van der Waals surface area contributed by atoms with Gasteiger partial charge in [-0.15, -0.1) is 10.2 Å². The largest absolute Gasteiger partial charge is 0.354 e. The summed E-state index contributed by atoms with van der Waals surface area (Å²) < 4.78 is 1.66. The fraction of sp³-hybridized carbons (Fsp3) is 0.300. The highest BCUT2D eigenvalue weighted by Crippen LogP contribution is 2.26.